The first-order chi connectivity index (χ1) is 9.63. The molecule has 2 nitrogen and oxygen atoms in total. The van der Waals surface area contributed by atoms with Crippen molar-refractivity contribution in [1.29, 1.82) is 0 Å². The van der Waals surface area contributed by atoms with Crippen LogP contribution in [0.1, 0.15) is 21.5 Å². The predicted octanol–water partition coefficient (Wildman–Crippen LogP) is 4.43. The minimum absolute atomic E-state index is 0.0265. The van der Waals surface area contributed by atoms with E-state index in [1.54, 1.807) is 18.3 Å². The molecule has 0 atom stereocenters. The normalized spacial score (nSPS) is 10.7. The number of hydrogen-bond acceptors (Lipinski definition) is 2. The number of aryl methyl sites for hydroxylation is 1. The molecule has 0 N–H and O–H groups in total. The Balaban J connectivity index is 2.07. The number of nitrogens with zero attached hydrogens (tertiary/aromatic N) is 1. The molecular weight excluding hydrogens is 270 g/mol. The second-order valence-corrected chi connectivity index (χ2v) is 5.19. The van der Waals surface area contributed by atoms with Gasteiger partial charge in [0, 0.05) is 27.7 Å². The Morgan fingerprint density at radius 3 is 2.70 bits per heavy atom. The zero-order chi connectivity index (χ0) is 14.1. The van der Waals surface area contributed by atoms with E-state index in [4.69, 9.17) is 11.6 Å². The maximum Gasteiger partial charge on any atom is 0.193 e. The van der Waals surface area contributed by atoms with Crippen molar-refractivity contribution in [2.75, 3.05) is 0 Å². The fourth-order valence-corrected chi connectivity index (χ4v) is 2.54. The van der Waals surface area contributed by atoms with Crippen molar-refractivity contribution >= 4 is 28.3 Å². The molecule has 0 saturated heterocycles. The van der Waals surface area contributed by atoms with Crippen molar-refractivity contribution < 1.29 is 4.79 Å². The maximum absolute atomic E-state index is 12.5. The summed E-state index contributed by atoms with van der Waals surface area (Å²) >= 11 is 6.01. The number of carbonyl (C=O) groups excluding carboxylic acids is 1. The van der Waals surface area contributed by atoms with E-state index < -0.39 is 0 Å². The van der Waals surface area contributed by atoms with Crippen molar-refractivity contribution in [2.45, 2.75) is 6.92 Å². The molecule has 0 radical (unpaired) electrons. The average Bonchev–Trinajstić information content (AvgIpc) is 2.45. The number of pyridine rings is 1. The van der Waals surface area contributed by atoms with E-state index >= 15 is 0 Å². The quantitative estimate of drug-likeness (QED) is 0.651. The van der Waals surface area contributed by atoms with Crippen LogP contribution < -0.4 is 0 Å². The Morgan fingerprint density at radius 1 is 1.05 bits per heavy atom. The third-order valence-corrected chi connectivity index (χ3v) is 3.39. The van der Waals surface area contributed by atoms with Crippen molar-refractivity contribution in [3.63, 3.8) is 0 Å². The van der Waals surface area contributed by atoms with E-state index in [0.29, 0.717) is 16.1 Å². The Morgan fingerprint density at radius 2 is 1.90 bits per heavy atom. The van der Waals surface area contributed by atoms with Gasteiger partial charge >= 0.3 is 0 Å². The van der Waals surface area contributed by atoms with Crippen molar-refractivity contribution in [3.05, 3.63) is 76.4 Å². The first-order valence-electron chi connectivity index (χ1n) is 6.30. The molecule has 0 aliphatic carbocycles. The van der Waals surface area contributed by atoms with Gasteiger partial charge in [-0.25, -0.2) is 0 Å². The molecule has 98 valence electrons. The van der Waals surface area contributed by atoms with Crippen molar-refractivity contribution in [3.8, 4) is 0 Å². The van der Waals surface area contributed by atoms with Gasteiger partial charge in [0.05, 0.1) is 5.52 Å². The van der Waals surface area contributed by atoms with Gasteiger partial charge < -0.3 is 0 Å². The lowest BCUT2D eigenvalue weighted by Gasteiger charge is -2.05. The van der Waals surface area contributed by atoms with Gasteiger partial charge in [-0.15, -0.1) is 0 Å². The van der Waals surface area contributed by atoms with Gasteiger partial charge in [-0.2, -0.15) is 0 Å². The molecule has 0 aliphatic rings. The van der Waals surface area contributed by atoms with Gasteiger partial charge in [0.1, 0.15) is 0 Å². The number of fused-ring (bicyclic) bond motifs is 1. The number of benzene rings is 2. The van der Waals surface area contributed by atoms with Crippen LogP contribution in [-0.4, -0.2) is 10.8 Å². The molecule has 0 saturated carbocycles. The highest BCUT2D eigenvalue weighted by Crippen LogP contribution is 2.20. The molecule has 1 heterocycles. The van der Waals surface area contributed by atoms with Gasteiger partial charge in [0.15, 0.2) is 5.78 Å². The van der Waals surface area contributed by atoms with E-state index in [9.17, 15) is 4.79 Å². The van der Waals surface area contributed by atoms with Crippen LogP contribution in [0.25, 0.3) is 10.9 Å². The molecule has 0 amide bonds. The largest absolute Gasteiger partial charge is 0.289 e. The van der Waals surface area contributed by atoms with E-state index in [1.807, 2.05) is 43.3 Å². The minimum atomic E-state index is -0.0265. The fourth-order valence-electron chi connectivity index (χ4n) is 2.25. The fraction of sp³-hybridized carbons (Fsp3) is 0.0588. The molecule has 0 fully saturated rings. The lowest BCUT2D eigenvalue weighted by molar-refractivity contribution is 0.103. The lowest BCUT2D eigenvalue weighted by Crippen LogP contribution is -2.01. The third-order valence-electron chi connectivity index (χ3n) is 3.17. The predicted molar refractivity (Wildman–Crippen MR) is 81.4 cm³/mol. The third kappa shape index (κ3) is 2.43. The highest BCUT2D eigenvalue weighted by Gasteiger charge is 2.11. The highest BCUT2D eigenvalue weighted by molar-refractivity contribution is 6.31. The molecule has 20 heavy (non-hydrogen) atoms. The molecule has 2 aromatic carbocycles. The van der Waals surface area contributed by atoms with Crippen LogP contribution >= 0.6 is 11.6 Å². The smallest absolute Gasteiger partial charge is 0.193 e. The standard InChI is InChI=1S/C17H12ClNO/c1-11-7-14(10-15(18)8-11)17(20)13-4-5-16-12(9-13)3-2-6-19-16/h2-10H,1H3. The molecule has 0 aliphatic heterocycles. The summed E-state index contributed by atoms with van der Waals surface area (Å²) in [5.74, 6) is -0.0265. The summed E-state index contributed by atoms with van der Waals surface area (Å²) in [6.45, 7) is 1.92. The summed E-state index contributed by atoms with van der Waals surface area (Å²) in [7, 11) is 0. The Hall–Kier alpha value is -2.19. The van der Waals surface area contributed by atoms with Crippen LogP contribution in [0.5, 0.6) is 0 Å². The van der Waals surface area contributed by atoms with Gasteiger partial charge in [-0.1, -0.05) is 17.7 Å². The summed E-state index contributed by atoms with van der Waals surface area (Å²) in [5.41, 5.74) is 3.11. The first-order valence-corrected chi connectivity index (χ1v) is 6.68. The van der Waals surface area contributed by atoms with Gasteiger partial charge in [0.2, 0.25) is 0 Å². The zero-order valence-corrected chi connectivity index (χ0v) is 11.7. The van der Waals surface area contributed by atoms with Crippen LogP contribution in [0.4, 0.5) is 0 Å². The summed E-state index contributed by atoms with van der Waals surface area (Å²) in [4.78, 5) is 16.8. The number of aromatic nitrogens is 1. The summed E-state index contributed by atoms with van der Waals surface area (Å²) in [6.07, 6.45) is 1.74. The maximum atomic E-state index is 12.5. The summed E-state index contributed by atoms with van der Waals surface area (Å²) in [6, 6.07) is 14.7. The summed E-state index contributed by atoms with van der Waals surface area (Å²) in [5, 5.41) is 1.54. The second kappa shape index (κ2) is 5.06. The van der Waals surface area contributed by atoms with Crippen LogP contribution in [0.3, 0.4) is 0 Å². The Bertz CT molecular complexity index is 791. The molecule has 0 bridgehead atoms. The Labute approximate surface area is 122 Å². The number of ketones is 1. The number of carbonyl (C=O) groups is 1. The second-order valence-electron chi connectivity index (χ2n) is 4.76. The van der Waals surface area contributed by atoms with E-state index in [2.05, 4.69) is 4.98 Å². The number of hydrogen-bond donors (Lipinski definition) is 0. The van der Waals surface area contributed by atoms with E-state index in [1.165, 1.54) is 0 Å². The van der Waals surface area contributed by atoms with Crippen LogP contribution in [-0.2, 0) is 0 Å². The molecule has 3 rings (SSSR count). The zero-order valence-electron chi connectivity index (χ0n) is 10.9. The van der Waals surface area contributed by atoms with Crippen molar-refractivity contribution in [2.24, 2.45) is 0 Å². The van der Waals surface area contributed by atoms with E-state index in [0.717, 1.165) is 16.5 Å². The monoisotopic (exact) mass is 281 g/mol. The lowest BCUT2D eigenvalue weighted by atomic mass is 10.0. The first kappa shape index (κ1) is 12.8. The van der Waals surface area contributed by atoms with Gasteiger partial charge in [-0.05, 0) is 55.0 Å². The van der Waals surface area contributed by atoms with Crippen LogP contribution in [0.15, 0.2) is 54.7 Å². The summed E-state index contributed by atoms with van der Waals surface area (Å²) < 4.78 is 0. The molecular formula is C17H12ClNO. The Kier molecular flexibility index (Phi) is 3.25. The van der Waals surface area contributed by atoms with Crippen LogP contribution in [0.2, 0.25) is 5.02 Å². The topological polar surface area (TPSA) is 30.0 Å². The molecule has 1 aromatic heterocycles. The van der Waals surface area contributed by atoms with Gasteiger partial charge in [0.25, 0.3) is 0 Å². The highest BCUT2D eigenvalue weighted by atomic mass is 35.5. The SMILES string of the molecule is Cc1cc(Cl)cc(C(=O)c2ccc3ncccc3c2)c1. The van der Waals surface area contributed by atoms with Crippen molar-refractivity contribution in [1.82, 2.24) is 4.98 Å². The average molecular weight is 282 g/mol. The van der Waals surface area contributed by atoms with Gasteiger partial charge in [-0.3, -0.25) is 9.78 Å². The molecule has 0 spiro atoms. The van der Waals surface area contributed by atoms with E-state index in [-0.39, 0.29) is 5.78 Å². The molecule has 3 heteroatoms. The van der Waals surface area contributed by atoms with Crippen LogP contribution in [0, 0.1) is 6.92 Å². The molecule has 3 aromatic rings. The number of rotatable bonds is 2. The minimum Gasteiger partial charge on any atom is -0.289 e. The number of halogens is 1. The molecule has 0 unspecified atom stereocenters.